The van der Waals surface area contributed by atoms with Gasteiger partial charge >= 0.3 is 0 Å². The summed E-state index contributed by atoms with van der Waals surface area (Å²) in [6.07, 6.45) is 16.7. The SMILES string of the molecule is CCCCCCCCCCNC(CCC)CCC. The molecule has 0 heterocycles. The summed E-state index contributed by atoms with van der Waals surface area (Å²) in [6, 6.07) is 0.782. The van der Waals surface area contributed by atoms with Crippen LogP contribution in [0.25, 0.3) is 0 Å². The summed E-state index contributed by atoms with van der Waals surface area (Å²) >= 11 is 0. The monoisotopic (exact) mass is 255 g/mol. The van der Waals surface area contributed by atoms with Crippen LogP contribution in [0.3, 0.4) is 0 Å². The molecule has 1 N–H and O–H groups in total. The molecule has 0 radical (unpaired) electrons. The Labute approximate surface area is 116 Å². The fraction of sp³-hybridized carbons (Fsp3) is 1.00. The average molecular weight is 255 g/mol. The second-order valence-corrected chi connectivity index (χ2v) is 5.70. The number of rotatable bonds is 14. The van der Waals surface area contributed by atoms with Gasteiger partial charge in [0.15, 0.2) is 0 Å². The summed E-state index contributed by atoms with van der Waals surface area (Å²) in [6.45, 7) is 8.11. The number of unbranched alkanes of at least 4 members (excludes halogenated alkanes) is 7. The molecule has 0 spiro atoms. The first-order chi connectivity index (χ1) is 8.85. The maximum Gasteiger partial charge on any atom is 0.00668 e. The van der Waals surface area contributed by atoms with Gasteiger partial charge in [-0.15, -0.1) is 0 Å². The van der Waals surface area contributed by atoms with E-state index in [1.807, 2.05) is 0 Å². The zero-order valence-electron chi connectivity index (χ0n) is 13.3. The van der Waals surface area contributed by atoms with E-state index in [4.69, 9.17) is 0 Å². The van der Waals surface area contributed by atoms with Crippen molar-refractivity contribution in [1.29, 1.82) is 0 Å². The van der Waals surface area contributed by atoms with Crippen molar-refractivity contribution in [2.45, 2.75) is 104 Å². The van der Waals surface area contributed by atoms with Gasteiger partial charge in [0.1, 0.15) is 0 Å². The highest BCUT2D eigenvalue weighted by molar-refractivity contribution is 4.65. The van der Waals surface area contributed by atoms with Crippen molar-refractivity contribution < 1.29 is 0 Å². The molecule has 1 heteroatoms. The quantitative estimate of drug-likeness (QED) is 0.393. The van der Waals surface area contributed by atoms with E-state index in [0.29, 0.717) is 0 Å². The summed E-state index contributed by atoms with van der Waals surface area (Å²) in [4.78, 5) is 0. The number of hydrogen-bond acceptors (Lipinski definition) is 1. The lowest BCUT2D eigenvalue weighted by Crippen LogP contribution is -2.29. The standard InChI is InChI=1S/C17H37N/c1-4-7-8-9-10-11-12-13-16-18-17(14-5-2)15-6-3/h17-18H,4-16H2,1-3H3. The highest BCUT2D eigenvalue weighted by atomic mass is 14.9. The summed E-state index contributed by atoms with van der Waals surface area (Å²) in [5.74, 6) is 0. The number of hydrogen-bond donors (Lipinski definition) is 1. The Morgan fingerprint density at radius 1 is 0.611 bits per heavy atom. The smallest absolute Gasteiger partial charge is 0.00668 e. The van der Waals surface area contributed by atoms with Gasteiger partial charge < -0.3 is 5.32 Å². The first kappa shape index (κ1) is 18.0. The fourth-order valence-electron chi connectivity index (χ4n) is 2.61. The van der Waals surface area contributed by atoms with Gasteiger partial charge in [-0.3, -0.25) is 0 Å². The molecule has 0 atom stereocenters. The molecular weight excluding hydrogens is 218 g/mol. The van der Waals surface area contributed by atoms with Crippen LogP contribution >= 0.6 is 0 Å². The van der Waals surface area contributed by atoms with Crippen LogP contribution in [0.15, 0.2) is 0 Å². The van der Waals surface area contributed by atoms with E-state index in [2.05, 4.69) is 26.1 Å². The van der Waals surface area contributed by atoms with E-state index >= 15 is 0 Å². The van der Waals surface area contributed by atoms with E-state index < -0.39 is 0 Å². The summed E-state index contributed by atoms with van der Waals surface area (Å²) in [5.41, 5.74) is 0. The Balaban J connectivity index is 3.21. The van der Waals surface area contributed by atoms with Gasteiger partial charge in [-0.05, 0) is 25.8 Å². The third-order valence-corrected chi connectivity index (χ3v) is 3.74. The van der Waals surface area contributed by atoms with Crippen LogP contribution in [0.1, 0.15) is 97.8 Å². The predicted octanol–water partition coefficient (Wildman–Crippen LogP) is 5.69. The molecule has 0 aromatic carbocycles. The van der Waals surface area contributed by atoms with Gasteiger partial charge in [-0.1, -0.05) is 78.6 Å². The minimum Gasteiger partial charge on any atom is -0.314 e. The van der Waals surface area contributed by atoms with Gasteiger partial charge in [0.05, 0.1) is 0 Å². The van der Waals surface area contributed by atoms with Crippen LogP contribution < -0.4 is 5.32 Å². The summed E-state index contributed by atoms with van der Waals surface area (Å²) < 4.78 is 0. The lowest BCUT2D eigenvalue weighted by molar-refractivity contribution is 0.433. The predicted molar refractivity (Wildman–Crippen MR) is 84.2 cm³/mol. The van der Waals surface area contributed by atoms with Crippen LogP contribution in [0.4, 0.5) is 0 Å². The maximum atomic E-state index is 3.73. The molecule has 0 aliphatic heterocycles. The zero-order chi connectivity index (χ0) is 13.5. The van der Waals surface area contributed by atoms with Crippen LogP contribution in [0.5, 0.6) is 0 Å². The van der Waals surface area contributed by atoms with Crippen LogP contribution in [-0.4, -0.2) is 12.6 Å². The van der Waals surface area contributed by atoms with E-state index in [1.54, 1.807) is 0 Å². The van der Waals surface area contributed by atoms with Crippen LogP contribution in [-0.2, 0) is 0 Å². The van der Waals surface area contributed by atoms with E-state index in [1.165, 1.54) is 83.6 Å². The molecule has 0 aromatic heterocycles. The Morgan fingerprint density at radius 2 is 1.11 bits per heavy atom. The average Bonchev–Trinajstić information content (AvgIpc) is 2.37. The second-order valence-electron chi connectivity index (χ2n) is 5.70. The van der Waals surface area contributed by atoms with Crippen molar-refractivity contribution in [3.8, 4) is 0 Å². The Hall–Kier alpha value is -0.0400. The highest BCUT2D eigenvalue weighted by Gasteiger charge is 2.04. The molecule has 1 nitrogen and oxygen atoms in total. The third-order valence-electron chi connectivity index (χ3n) is 3.74. The largest absolute Gasteiger partial charge is 0.314 e. The first-order valence-electron chi connectivity index (χ1n) is 8.58. The molecule has 0 unspecified atom stereocenters. The fourth-order valence-corrected chi connectivity index (χ4v) is 2.61. The van der Waals surface area contributed by atoms with Gasteiger partial charge in [0, 0.05) is 6.04 Å². The molecule has 0 aromatic rings. The van der Waals surface area contributed by atoms with E-state index in [9.17, 15) is 0 Å². The molecule has 0 saturated heterocycles. The molecule has 110 valence electrons. The Bertz CT molecular complexity index is 139. The summed E-state index contributed by atoms with van der Waals surface area (Å²) in [7, 11) is 0. The topological polar surface area (TPSA) is 12.0 Å². The van der Waals surface area contributed by atoms with Gasteiger partial charge in [0.2, 0.25) is 0 Å². The normalized spacial score (nSPS) is 11.3. The van der Waals surface area contributed by atoms with Crippen molar-refractivity contribution in [1.82, 2.24) is 5.32 Å². The van der Waals surface area contributed by atoms with Crippen molar-refractivity contribution in [3.05, 3.63) is 0 Å². The maximum absolute atomic E-state index is 3.73. The van der Waals surface area contributed by atoms with Crippen molar-refractivity contribution in [3.63, 3.8) is 0 Å². The van der Waals surface area contributed by atoms with Gasteiger partial charge in [-0.25, -0.2) is 0 Å². The van der Waals surface area contributed by atoms with Crippen molar-refractivity contribution >= 4 is 0 Å². The van der Waals surface area contributed by atoms with Crippen LogP contribution in [0.2, 0.25) is 0 Å². The summed E-state index contributed by atoms with van der Waals surface area (Å²) in [5, 5.41) is 3.73. The molecule has 0 bridgehead atoms. The molecule has 0 aliphatic rings. The Morgan fingerprint density at radius 3 is 1.61 bits per heavy atom. The van der Waals surface area contributed by atoms with E-state index in [-0.39, 0.29) is 0 Å². The van der Waals surface area contributed by atoms with E-state index in [0.717, 1.165) is 6.04 Å². The molecule has 0 fully saturated rings. The first-order valence-corrected chi connectivity index (χ1v) is 8.58. The van der Waals surface area contributed by atoms with Crippen molar-refractivity contribution in [2.24, 2.45) is 0 Å². The zero-order valence-corrected chi connectivity index (χ0v) is 13.3. The lowest BCUT2D eigenvalue weighted by Gasteiger charge is -2.17. The van der Waals surface area contributed by atoms with Crippen LogP contribution in [0, 0.1) is 0 Å². The molecular formula is C17H37N. The van der Waals surface area contributed by atoms with Gasteiger partial charge in [0.25, 0.3) is 0 Å². The molecule has 0 rings (SSSR count). The highest BCUT2D eigenvalue weighted by Crippen LogP contribution is 2.09. The minimum absolute atomic E-state index is 0.782. The number of nitrogens with one attached hydrogen (secondary N) is 1. The molecule has 18 heavy (non-hydrogen) atoms. The lowest BCUT2D eigenvalue weighted by atomic mass is 10.1. The molecule has 0 saturated carbocycles. The molecule has 0 aliphatic carbocycles. The third kappa shape index (κ3) is 12.4. The van der Waals surface area contributed by atoms with Crippen molar-refractivity contribution in [2.75, 3.05) is 6.54 Å². The minimum atomic E-state index is 0.782. The second kappa shape index (κ2) is 15.0. The molecule has 0 amide bonds. The van der Waals surface area contributed by atoms with Gasteiger partial charge in [-0.2, -0.15) is 0 Å². The Kier molecular flexibility index (Phi) is 15.0.